The summed E-state index contributed by atoms with van der Waals surface area (Å²) in [5.74, 6) is -0.324. The number of aromatic nitrogens is 2. The van der Waals surface area contributed by atoms with Crippen molar-refractivity contribution < 1.29 is 4.79 Å². The first kappa shape index (κ1) is 12.0. The molecular weight excluding hydrogens is 261 g/mol. The van der Waals surface area contributed by atoms with Crippen molar-refractivity contribution in [3.63, 3.8) is 0 Å². The van der Waals surface area contributed by atoms with Gasteiger partial charge in [-0.2, -0.15) is 5.10 Å². The molecule has 0 saturated heterocycles. The highest BCUT2D eigenvalue weighted by atomic mass is 35.5. The van der Waals surface area contributed by atoms with Crippen LogP contribution in [0, 0.1) is 0 Å². The molecule has 0 atom stereocenters. The van der Waals surface area contributed by atoms with Gasteiger partial charge in [-0.25, -0.2) is 0 Å². The molecule has 0 aliphatic heterocycles. The molecule has 0 radical (unpaired) electrons. The summed E-state index contributed by atoms with van der Waals surface area (Å²) in [6.45, 7) is 0. The third-order valence-electron chi connectivity index (χ3n) is 2.14. The van der Waals surface area contributed by atoms with Gasteiger partial charge in [0.15, 0.2) is 5.69 Å². The van der Waals surface area contributed by atoms with Gasteiger partial charge in [-0.05, 0) is 18.2 Å². The average molecular weight is 270 g/mol. The second-order valence-electron chi connectivity index (χ2n) is 3.44. The van der Waals surface area contributed by atoms with Crippen molar-refractivity contribution in [2.45, 2.75) is 0 Å². The third kappa shape index (κ3) is 2.78. The Morgan fingerprint density at radius 1 is 1.35 bits per heavy atom. The number of benzene rings is 1. The van der Waals surface area contributed by atoms with Gasteiger partial charge in [-0.1, -0.05) is 29.3 Å². The van der Waals surface area contributed by atoms with Crippen molar-refractivity contribution in [1.82, 2.24) is 9.78 Å². The number of carbonyl (C=O) groups is 1. The molecule has 1 N–H and O–H groups in total. The molecule has 1 aromatic carbocycles. The average Bonchev–Trinajstić information content (AvgIpc) is 2.59. The van der Waals surface area contributed by atoms with Crippen LogP contribution in [-0.4, -0.2) is 15.7 Å². The lowest BCUT2D eigenvalue weighted by Gasteiger charge is -2.02. The molecule has 2 rings (SSSR count). The molecule has 0 spiro atoms. The Labute approximate surface area is 108 Å². The maximum absolute atomic E-state index is 11.8. The molecule has 1 heterocycles. The molecule has 0 unspecified atom stereocenters. The van der Waals surface area contributed by atoms with Crippen molar-refractivity contribution in [1.29, 1.82) is 0 Å². The van der Waals surface area contributed by atoms with E-state index in [1.165, 1.54) is 10.7 Å². The lowest BCUT2D eigenvalue weighted by Crippen LogP contribution is -2.12. The summed E-state index contributed by atoms with van der Waals surface area (Å²) in [5, 5.41) is 7.61. The fourth-order valence-corrected chi connectivity index (χ4v) is 1.65. The Morgan fingerprint density at radius 2 is 2.12 bits per heavy atom. The van der Waals surface area contributed by atoms with E-state index in [2.05, 4.69) is 10.4 Å². The number of carbonyl (C=O) groups excluding carboxylic acids is 1. The highest BCUT2D eigenvalue weighted by molar-refractivity contribution is 6.31. The minimum absolute atomic E-state index is 0.262. The Hall–Kier alpha value is -1.52. The van der Waals surface area contributed by atoms with Crippen molar-refractivity contribution in [2.75, 3.05) is 5.32 Å². The minimum atomic E-state index is -0.324. The normalized spacial score (nSPS) is 10.3. The topological polar surface area (TPSA) is 46.9 Å². The van der Waals surface area contributed by atoms with Crippen LogP contribution in [0.1, 0.15) is 10.5 Å². The lowest BCUT2D eigenvalue weighted by molar-refractivity contribution is 0.102. The maximum Gasteiger partial charge on any atom is 0.276 e. The van der Waals surface area contributed by atoms with Gasteiger partial charge in [0, 0.05) is 23.8 Å². The first-order valence-corrected chi connectivity index (χ1v) is 5.58. The standard InChI is InChI=1S/C11H9Cl2N3O/c1-16-10(13)6-9(15-16)11(17)14-8-4-2-3-7(12)5-8/h2-6H,1H3,(H,14,17). The summed E-state index contributed by atoms with van der Waals surface area (Å²) < 4.78 is 1.43. The minimum Gasteiger partial charge on any atom is -0.321 e. The van der Waals surface area contributed by atoms with Crippen LogP contribution in [0.2, 0.25) is 10.2 Å². The van der Waals surface area contributed by atoms with Gasteiger partial charge in [0.1, 0.15) is 5.15 Å². The molecule has 0 fully saturated rings. The summed E-state index contributed by atoms with van der Waals surface area (Å²) in [6, 6.07) is 8.39. The van der Waals surface area contributed by atoms with E-state index in [-0.39, 0.29) is 11.6 Å². The van der Waals surface area contributed by atoms with Crippen LogP contribution >= 0.6 is 23.2 Å². The highest BCUT2D eigenvalue weighted by Gasteiger charge is 2.11. The third-order valence-corrected chi connectivity index (χ3v) is 2.73. The predicted octanol–water partition coefficient (Wildman–Crippen LogP) is 2.98. The molecule has 0 bridgehead atoms. The number of nitrogens with one attached hydrogen (secondary N) is 1. The molecule has 17 heavy (non-hydrogen) atoms. The predicted molar refractivity (Wildman–Crippen MR) is 67.6 cm³/mol. The zero-order chi connectivity index (χ0) is 12.4. The number of hydrogen-bond acceptors (Lipinski definition) is 2. The zero-order valence-corrected chi connectivity index (χ0v) is 10.5. The highest BCUT2D eigenvalue weighted by Crippen LogP contribution is 2.16. The number of rotatable bonds is 2. The van der Waals surface area contributed by atoms with E-state index in [4.69, 9.17) is 23.2 Å². The molecular formula is C11H9Cl2N3O. The Kier molecular flexibility index (Phi) is 3.36. The maximum atomic E-state index is 11.8. The van der Waals surface area contributed by atoms with Gasteiger partial charge in [0.2, 0.25) is 0 Å². The van der Waals surface area contributed by atoms with E-state index in [1.807, 2.05) is 0 Å². The van der Waals surface area contributed by atoms with Crippen molar-refractivity contribution in [2.24, 2.45) is 7.05 Å². The Bertz CT molecular complexity index is 546. The van der Waals surface area contributed by atoms with E-state index in [0.29, 0.717) is 15.9 Å². The zero-order valence-electron chi connectivity index (χ0n) is 8.95. The summed E-state index contributed by atoms with van der Waals surface area (Å²) in [7, 11) is 1.67. The smallest absolute Gasteiger partial charge is 0.276 e. The first-order valence-electron chi connectivity index (χ1n) is 4.83. The first-order chi connectivity index (χ1) is 8.06. The van der Waals surface area contributed by atoms with E-state index < -0.39 is 0 Å². The largest absolute Gasteiger partial charge is 0.321 e. The van der Waals surface area contributed by atoms with Crippen LogP contribution in [0.4, 0.5) is 5.69 Å². The van der Waals surface area contributed by atoms with Crippen LogP contribution in [0.15, 0.2) is 30.3 Å². The van der Waals surface area contributed by atoms with E-state index in [9.17, 15) is 4.79 Å². The van der Waals surface area contributed by atoms with Gasteiger partial charge in [0.25, 0.3) is 5.91 Å². The molecule has 88 valence electrons. The van der Waals surface area contributed by atoms with Crippen molar-refractivity contribution in [3.05, 3.63) is 46.2 Å². The van der Waals surface area contributed by atoms with Gasteiger partial charge in [0.05, 0.1) is 0 Å². The number of halogens is 2. The summed E-state index contributed by atoms with van der Waals surface area (Å²) in [5.41, 5.74) is 0.877. The van der Waals surface area contributed by atoms with Gasteiger partial charge in [-0.15, -0.1) is 0 Å². The Balaban J connectivity index is 2.17. The van der Waals surface area contributed by atoms with Crippen LogP contribution in [-0.2, 0) is 7.05 Å². The van der Waals surface area contributed by atoms with Crippen molar-refractivity contribution in [3.8, 4) is 0 Å². The second kappa shape index (κ2) is 4.77. The number of hydrogen-bond donors (Lipinski definition) is 1. The molecule has 0 aliphatic carbocycles. The van der Waals surface area contributed by atoms with Gasteiger partial charge < -0.3 is 5.32 Å². The summed E-state index contributed by atoms with van der Waals surface area (Å²) >= 11 is 11.6. The van der Waals surface area contributed by atoms with Crippen LogP contribution in [0.25, 0.3) is 0 Å². The van der Waals surface area contributed by atoms with Crippen LogP contribution < -0.4 is 5.32 Å². The van der Waals surface area contributed by atoms with Gasteiger partial charge in [-0.3, -0.25) is 9.48 Å². The number of aryl methyl sites for hydroxylation is 1. The van der Waals surface area contributed by atoms with E-state index >= 15 is 0 Å². The number of anilines is 1. The summed E-state index contributed by atoms with van der Waals surface area (Å²) in [4.78, 5) is 11.8. The second-order valence-corrected chi connectivity index (χ2v) is 4.26. The molecule has 0 aliphatic rings. The molecule has 0 saturated carbocycles. The fraction of sp³-hybridized carbons (Fsp3) is 0.0909. The van der Waals surface area contributed by atoms with Crippen molar-refractivity contribution >= 4 is 34.8 Å². The van der Waals surface area contributed by atoms with E-state index in [1.54, 1.807) is 31.3 Å². The SMILES string of the molecule is Cn1nc(C(=O)Nc2cccc(Cl)c2)cc1Cl. The number of amides is 1. The number of nitrogens with zero attached hydrogens (tertiary/aromatic N) is 2. The molecule has 6 heteroatoms. The monoisotopic (exact) mass is 269 g/mol. The van der Waals surface area contributed by atoms with Crippen LogP contribution in [0.5, 0.6) is 0 Å². The Morgan fingerprint density at radius 3 is 2.71 bits per heavy atom. The van der Waals surface area contributed by atoms with E-state index in [0.717, 1.165) is 0 Å². The molecule has 4 nitrogen and oxygen atoms in total. The quantitative estimate of drug-likeness (QED) is 0.911. The molecule has 1 amide bonds. The fourth-order valence-electron chi connectivity index (χ4n) is 1.32. The lowest BCUT2D eigenvalue weighted by atomic mass is 10.3. The van der Waals surface area contributed by atoms with Crippen LogP contribution in [0.3, 0.4) is 0 Å². The summed E-state index contributed by atoms with van der Waals surface area (Å²) in [6.07, 6.45) is 0. The molecule has 2 aromatic rings. The van der Waals surface area contributed by atoms with Gasteiger partial charge >= 0.3 is 0 Å². The molecule has 1 aromatic heterocycles.